The summed E-state index contributed by atoms with van der Waals surface area (Å²) >= 11 is 0. The SMILES string of the molecule is O=C([O-])CN(CCN(CCN(CC(=O)O)CC(=O)O)CC(=O)O)CC([O-])O.O=C([O-])CN(CCN(CCN(CC(=O)O)CC(=O)O)CC(=O)O)CC([O-])O.[Dy+3].[Dy+3]. The Kier molecular flexibility index (Phi) is 37.8. The maximum absolute atomic E-state index is 11.0. The number of aliphatic hydroxyl groups excluding tert-OH is 2. The van der Waals surface area contributed by atoms with Crippen molar-refractivity contribution in [2.75, 3.05) is 118 Å². The number of aliphatic hydroxyl groups is 2. The molecule has 26 nitrogen and oxygen atoms in total. The molecule has 0 aromatic carbocycles. The second-order valence-electron chi connectivity index (χ2n) is 11.5. The normalized spacial score (nSPS) is 12.0. The first-order valence-corrected chi connectivity index (χ1v) is 15.7. The second kappa shape index (κ2) is 34.9. The topological polar surface area (TPSA) is 410 Å². The van der Waals surface area contributed by atoms with Crippen molar-refractivity contribution in [3.8, 4) is 0 Å². The summed E-state index contributed by atoms with van der Waals surface area (Å²) in [5, 5.41) is 114. The second-order valence-corrected chi connectivity index (χ2v) is 11.5. The molecule has 0 aromatic rings. The van der Waals surface area contributed by atoms with E-state index in [4.69, 9.17) is 40.9 Å². The first-order valence-electron chi connectivity index (χ1n) is 15.7. The molecule has 2 atom stereocenters. The average molecular weight is 1110 g/mol. The molecule has 0 bridgehead atoms. The quantitative estimate of drug-likeness (QED) is 0.0290. The van der Waals surface area contributed by atoms with Crippen LogP contribution in [0.3, 0.4) is 0 Å². The van der Waals surface area contributed by atoms with Crippen LogP contribution < -0.4 is 20.4 Å². The van der Waals surface area contributed by atoms with Crippen LogP contribution in [0.1, 0.15) is 0 Å². The van der Waals surface area contributed by atoms with Gasteiger partial charge in [-0.2, -0.15) is 0 Å². The van der Waals surface area contributed by atoms with Gasteiger partial charge in [-0.15, -0.1) is 0 Å². The van der Waals surface area contributed by atoms with Crippen LogP contribution in [0, 0.1) is 76.3 Å². The van der Waals surface area contributed by atoms with Crippen LogP contribution in [-0.2, 0) is 38.4 Å². The Hall–Kier alpha value is -2.09. The predicted octanol–water partition coefficient (Wildman–Crippen LogP) is -10.9. The van der Waals surface area contributed by atoms with Gasteiger partial charge in [-0.05, 0) is 12.6 Å². The fraction of sp³-hybridized carbons (Fsp3) is 0.714. The Morgan fingerprint density at radius 2 is 0.536 bits per heavy atom. The molecule has 2 unspecified atom stereocenters. The third-order valence-corrected chi connectivity index (χ3v) is 6.62. The van der Waals surface area contributed by atoms with Crippen LogP contribution in [0.5, 0.6) is 0 Å². The maximum atomic E-state index is 11.0. The van der Waals surface area contributed by atoms with E-state index < -0.39 is 126 Å². The van der Waals surface area contributed by atoms with E-state index >= 15 is 0 Å². The Morgan fingerprint density at radius 1 is 0.357 bits per heavy atom. The van der Waals surface area contributed by atoms with Gasteiger partial charge in [-0.3, -0.25) is 58.2 Å². The van der Waals surface area contributed by atoms with Crippen molar-refractivity contribution in [3.05, 3.63) is 0 Å². The summed E-state index contributed by atoms with van der Waals surface area (Å²) < 4.78 is 0. The van der Waals surface area contributed by atoms with E-state index in [0.29, 0.717) is 0 Å². The van der Waals surface area contributed by atoms with Crippen LogP contribution in [0.15, 0.2) is 0 Å². The summed E-state index contributed by atoms with van der Waals surface area (Å²) in [5.41, 5.74) is 0. The third kappa shape index (κ3) is 40.1. The van der Waals surface area contributed by atoms with Gasteiger partial charge in [0, 0.05) is 78.5 Å². The molecule has 0 aliphatic carbocycles. The Bertz CT molecular complexity index is 1100. The number of carbonyl (C=O) groups is 8. The average Bonchev–Trinajstić information content (AvgIpc) is 2.97. The van der Waals surface area contributed by atoms with Crippen molar-refractivity contribution < 1.29 is 176 Å². The fourth-order valence-electron chi connectivity index (χ4n) is 4.52. The zero-order chi connectivity index (χ0) is 42.0. The zero-order valence-corrected chi connectivity index (χ0v) is 33.7. The molecule has 0 saturated heterocycles. The molecule has 0 fully saturated rings. The molecule has 0 amide bonds. The number of rotatable bonds is 32. The smallest absolute Gasteiger partial charge is 0.830 e. The molecule has 28 heteroatoms. The number of carbonyl (C=O) groups excluding carboxylic acids is 2. The molecule has 56 heavy (non-hydrogen) atoms. The molecular formula is C28H46Dy2N6O20+2. The minimum Gasteiger partial charge on any atom is -0.830 e. The van der Waals surface area contributed by atoms with Gasteiger partial charge in [0.1, 0.15) is 0 Å². The zero-order valence-electron chi connectivity index (χ0n) is 29.7. The molecule has 2 radical (unpaired) electrons. The van der Waals surface area contributed by atoms with E-state index in [2.05, 4.69) is 0 Å². The molecule has 0 rings (SSSR count). The monoisotopic (exact) mass is 1110 g/mol. The molecule has 0 saturated carbocycles. The van der Waals surface area contributed by atoms with Gasteiger partial charge in [0.2, 0.25) is 0 Å². The van der Waals surface area contributed by atoms with Crippen LogP contribution in [0.2, 0.25) is 0 Å². The molecule has 326 valence electrons. The van der Waals surface area contributed by atoms with Crippen LogP contribution in [-0.4, -0.2) is 248 Å². The van der Waals surface area contributed by atoms with Crippen LogP contribution in [0.4, 0.5) is 0 Å². The van der Waals surface area contributed by atoms with Crippen molar-refractivity contribution in [1.82, 2.24) is 29.4 Å². The molecule has 8 N–H and O–H groups in total. The summed E-state index contributed by atoms with van der Waals surface area (Å²) in [6.07, 6.45) is -4.09. The van der Waals surface area contributed by atoms with Crippen molar-refractivity contribution in [2.45, 2.75) is 12.6 Å². The third-order valence-electron chi connectivity index (χ3n) is 6.62. The molecule has 0 heterocycles. The van der Waals surface area contributed by atoms with E-state index in [-0.39, 0.29) is 129 Å². The summed E-state index contributed by atoms with van der Waals surface area (Å²) in [5.74, 6) is -10.3. The summed E-state index contributed by atoms with van der Waals surface area (Å²) in [6, 6.07) is 0. The number of carboxylic acid groups (broad SMARTS) is 8. The van der Waals surface area contributed by atoms with Gasteiger partial charge in [0.05, 0.1) is 51.2 Å². The molecule has 0 spiro atoms. The van der Waals surface area contributed by atoms with Gasteiger partial charge in [-0.25, -0.2) is 0 Å². The summed E-state index contributed by atoms with van der Waals surface area (Å²) in [7, 11) is 0. The van der Waals surface area contributed by atoms with Crippen molar-refractivity contribution in [2.24, 2.45) is 0 Å². The van der Waals surface area contributed by atoms with E-state index in [9.17, 15) is 58.8 Å². The van der Waals surface area contributed by atoms with Crippen LogP contribution >= 0.6 is 0 Å². The van der Waals surface area contributed by atoms with Gasteiger partial charge in [0.25, 0.3) is 0 Å². The van der Waals surface area contributed by atoms with Gasteiger partial charge >= 0.3 is 112 Å². The van der Waals surface area contributed by atoms with E-state index in [1.54, 1.807) is 0 Å². The van der Waals surface area contributed by atoms with Crippen molar-refractivity contribution in [1.29, 1.82) is 0 Å². The minimum absolute atomic E-state index is 0. The molecule has 0 aliphatic heterocycles. The maximum Gasteiger partial charge on any atom is 3.00 e. The molecule has 0 aromatic heterocycles. The van der Waals surface area contributed by atoms with E-state index in [1.807, 2.05) is 0 Å². The van der Waals surface area contributed by atoms with Gasteiger partial charge in [0.15, 0.2) is 0 Å². The largest absolute Gasteiger partial charge is 3.00 e. The Balaban J connectivity index is -0.000000466. The number of hydrogen-bond acceptors (Lipinski definition) is 20. The predicted molar refractivity (Wildman–Crippen MR) is 166 cm³/mol. The standard InChI is InChI=1S/2C14H24N3O10.2Dy/c2*18-10(19)5-15(1-3-16(6-11(20)21)7-12(22)23)2-4-17(8-13(24)25)9-14(26)27;;/h2*11,20H,1-9H2,(H,18,19)(H,22,23)(H,24,25)(H,26,27);;/q2*-1;2*+3/p-2. The fourth-order valence-corrected chi connectivity index (χ4v) is 4.52. The summed E-state index contributed by atoms with van der Waals surface area (Å²) in [4.78, 5) is 93.4. The first-order chi connectivity index (χ1) is 25.0. The number of carboxylic acids is 8. The van der Waals surface area contributed by atoms with Gasteiger partial charge in [-0.1, -0.05) is 0 Å². The van der Waals surface area contributed by atoms with E-state index in [0.717, 1.165) is 19.6 Å². The first kappa shape index (κ1) is 60.6. The molecular weight excluding hydrogens is 1070 g/mol. The van der Waals surface area contributed by atoms with E-state index in [1.165, 1.54) is 9.80 Å². The van der Waals surface area contributed by atoms with Crippen LogP contribution in [0.25, 0.3) is 0 Å². The number of nitrogens with zero attached hydrogens (tertiary/aromatic N) is 6. The number of aliphatic carboxylic acids is 8. The molecule has 0 aliphatic rings. The number of hydrogen-bond donors (Lipinski definition) is 8. The van der Waals surface area contributed by atoms with Crippen molar-refractivity contribution >= 4 is 47.8 Å². The van der Waals surface area contributed by atoms with Gasteiger partial charge < -0.3 is 70.9 Å². The van der Waals surface area contributed by atoms with Crippen molar-refractivity contribution in [3.63, 3.8) is 0 Å². The summed E-state index contributed by atoms with van der Waals surface area (Å²) in [6.45, 7) is -5.70. The Labute approximate surface area is 380 Å². The minimum atomic E-state index is -2.04. The Morgan fingerprint density at radius 3 is 0.714 bits per heavy atom.